The molecule has 0 spiro atoms. The van der Waals surface area contributed by atoms with Gasteiger partial charge in [0.05, 0.1) is 5.52 Å². The molecule has 1 fully saturated rings. The van der Waals surface area contributed by atoms with Crippen LogP contribution in [0.1, 0.15) is 18.5 Å². The minimum absolute atomic E-state index is 0.0119. The monoisotopic (exact) mass is 376 g/mol. The Morgan fingerprint density at radius 1 is 1.11 bits per heavy atom. The van der Waals surface area contributed by atoms with Crippen LogP contribution in [0.5, 0.6) is 5.75 Å². The average Bonchev–Trinajstić information content (AvgIpc) is 3.04. The van der Waals surface area contributed by atoms with Gasteiger partial charge in [0.25, 0.3) is 0 Å². The summed E-state index contributed by atoms with van der Waals surface area (Å²) in [6.45, 7) is 1.10. The van der Waals surface area contributed by atoms with Crippen LogP contribution in [-0.2, 0) is 13.2 Å². The van der Waals surface area contributed by atoms with Gasteiger partial charge < -0.3 is 14.2 Å². The molecule has 27 heavy (non-hydrogen) atoms. The number of nitrogens with zero attached hydrogens (tertiary/aromatic N) is 4. The Bertz CT molecular complexity index is 946. The first kappa shape index (κ1) is 17.6. The summed E-state index contributed by atoms with van der Waals surface area (Å²) in [6.07, 6.45) is 0.0894. The standard InChI is InChI=1S/C19H19F3N4O/c1-25-10-8-14-15(25)3-2-4-16(14)27-13-6-11-26(12-7-13)18-23-9-5-17(24-18)19(20,21)22/h2-5,8-10,13H,6-7,11-12H2,1H3. The molecule has 1 saturated heterocycles. The Kier molecular flexibility index (Phi) is 4.41. The number of aromatic nitrogens is 3. The zero-order valence-electron chi connectivity index (χ0n) is 14.8. The fourth-order valence-electron chi connectivity index (χ4n) is 3.39. The van der Waals surface area contributed by atoms with Crippen molar-refractivity contribution >= 4 is 16.9 Å². The molecule has 0 bridgehead atoms. The number of piperidine rings is 1. The van der Waals surface area contributed by atoms with Crippen LogP contribution >= 0.6 is 0 Å². The molecule has 1 aliphatic rings. The smallest absolute Gasteiger partial charge is 0.433 e. The van der Waals surface area contributed by atoms with Crippen LogP contribution in [0, 0.1) is 0 Å². The minimum atomic E-state index is -4.46. The highest BCUT2D eigenvalue weighted by Crippen LogP contribution is 2.30. The molecule has 0 saturated carbocycles. The third kappa shape index (κ3) is 3.56. The Hall–Kier alpha value is -2.77. The maximum atomic E-state index is 12.8. The van der Waals surface area contributed by atoms with E-state index in [2.05, 4.69) is 9.97 Å². The first-order chi connectivity index (χ1) is 12.9. The fourth-order valence-corrected chi connectivity index (χ4v) is 3.39. The van der Waals surface area contributed by atoms with Gasteiger partial charge in [-0.1, -0.05) is 6.07 Å². The van der Waals surface area contributed by atoms with Gasteiger partial charge in [-0.05, 0) is 24.3 Å². The fraction of sp³-hybridized carbons (Fsp3) is 0.368. The first-order valence-corrected chi connectivity index (χ1v) is 8.78. The largest absolute Gasteiger partial charge is 0.490 e. The lowest BCUT2D eigenvalue weighted by Crippen LogP contribution is -2.39. The molecule has 3 aromatic rings. The number of anilines is 1. The second kappa shape index (κ2) is 6.75. The molecule has 8 heteroatoms. The van der Waals surface area contributed by atoms with Crippen molar-refractivity contribution in [3.8, 4) is 5.75 Å². The molecule has 0 unspecified atom stereocenters. The summed E-state index contributed by atoms with van der Waals surface area (Å²) >= 11 is 0. The molecule has 142 valence electrons. The predicted octanol–water partition coefficient (Wildman–Crippen LogP) is 4.03. The summed E-state index contributed by atoms with van der Waals surface area (Å²) in [5.41, 5.74) is 0.184. The number of alkyl halides is 3. The second-order valence-electron chi connectivity index (χ2n) is 6.66. The van der Waals surface area contributed by atoms with Crippen LogP contribution in [0.15, 0.2) is 42.7 Å². The molecule has 3 heterocycles. The van der Waals surface area contributed by atoms with E-state index in [1.54, 1.807) is 4.90 Å². The average molecular weight is 376 g/mol. The molecule has 4 rings (SSSR count). The molecule has 1 aromatic carbocycles. The summed E-state index contributed by atoms with van der Waals surface area (Å²) in [4.78, 5) is 9.44. The highest BCUT2D eigenvalue weighted by atomic mass is 19.4. The molecular weight excluding hydrogens is 357 g/mol. The number of rotatable bonds is 3. The highest BCUT2D eigenvalue weighted by Gasteiger charge is 2.33. The van der Waals surface area contributed by atoms with E-state index in [1.165, 1.54) is 0 Å². The normalized spacial score (nSPS) is 16.1. The van der Waals surface area contributed by atoms with Crippen LogP contribution in [0.4, 0.5) is 19.1 Å². The molecule has 0 aliphatic carbocycles. The van der Waals surface area contributed by atoms with E-state index in [0.29, 0.717) is 25.9 Å². The SMILES string of the molecule is Cn1ccc2c(OC3CCN(c4nccc(C(F)(F)F)n4)CC3)cccc21. The van der Waals surface area contributed by atoms with Gasteiger partial charge in [-0.25, -0.2) is 9.97 Å². The van der Waals surface area contributed by atoms with E-state index in [4.69, 9.17) is 4.74 Å². The van der Waals surface area contributed by atoms with E-state index < -0.39 is 11.9 Å². The van der Waals surface area contributed by atoms with Gasteiger partial charge in [0.2, 0.25) is 5.95 Å². The highest BCUT2D eigenvalue weighted by molar-refractivity contribution is 5.86. The van der Waals surface area contributed by atoms with Crippen LogP contribution in [0.25, 0.3) is 10.9 Å². The summed E-state index contributed by atoms with van der Waals surface area (Å²) in [6, 6.07) is 8.86. The quantitative estimate of drug-likeness (QED) is 0.692. The minimum Gasteiger partial charge on any atom is -0.490 e. The van der Waals surface area contributed by atoms with Crippen LogP contribution in [0.3, 0.4) is 0 Å². The van der Waals surface area contributed by atoms with E-state index in [0.717, 1.165) is 28.9 Å². The summed E-state index contributed by atoms with van der Waals surface area (Å²) < 4.78 is 46.7. The summed E-state index contributed by atoms with van der Waals surface area (Å²) in [7, 11) is 1.99. The number of fused-ring (bicyclic) bond motifs is 1. The molecule has 2 aromatic heterocycles. The first-order valence-electron chi connectivity index (χ1n) is 8.78. The zero-order chi connectivity index (χ0) is 19.0. The van der Waals surface area contributed by atoms with Crippen molar-refractivity contribution in [2.75, 3.05) is 18.0 Å². The number of hydrogen-bond donors (Lipinski definition) is 0. The van der Waals surface area contributed by atoms with E-state index in [1.807, 2.05) is 42.1 Å². The predicted molar refractivity (Wildman–Crippen MR) is 95.8 cm³/mol. The van der Waals surface area contributed by atoms with E-state index >= 15 is 0 Å². The molecule has 1 aliphatic heterocycles. The van der Waals surface area contributed by atoms with Gasteiger partial charge in [0.1, 0.15) is 17.5 Å². The van der Waals surface area contributed by atoms with Crippen molar-refractivity contribution in [1.82, 2.24) is 14.5 Å². The summed E-state index contributed by atoms with van der Waals surface area (Å²) in [5, 5.41) is 1.06. The van der Waals surface area contributed by atoms with E-state index in [9.17, 15) is 13.2 Å². The Morgan fingerprint density at radius 2 is 1.89 bits per heavy atom. The maximum absolute atomic E-state index is 12.8. The molecular formula is C19H19F3N4O. The van der Waals surface area contributed by atoms with Gasteiger partial charge in [0, 0.05) is 50.8 Å². The molecule has 0 N–H and O–H groups in total. The molecule has 0 amide bonds. The van der Waals surface area contributed by atoms with Crippen molar-refractivity contribution in [2.24, 2.45) is 7.05 Å². The molecule has 0 atom stereocenters. The van der Waals surface area contributed by atoms with Crippen molar-refractivity contribution in [2.45, 2.75) is 25.1 Å². The van der Waals surface area contributed by atoms with Gasteiger partial charge in [-0.3, -0.25) is 0 Å². The number of benzene rings is 1. The van der Waals surface area contributed by atoms with Gasteiger partial charge >= 0.3 is 6.18 Å². The van der Waals surface area contributed by atoms with Crippen LogP contribution < -0.4 is 9.64 Å². The Morgan fingerprint density at radius 3 is 2.63 bits per heavy atom. The van der Waals surface area contributed by atoms with Gasteiger partial charge in [-0.2, -0.15) is 13.2 Å². The number of halogens is 3. The van der Waals surface area contributed by atoms with Crippen molar-refractivity contribution in [3.63, 3.8) is 0 Å². The third-order valence-corrected chi connectivity index (χ3v) is 4.84. The third-order valence-electron chi connectivity index (χ3n) is 4.84. The lowest BCUT2D eigenvalue weighted by Gasteiger charge is -2.32. The van der Waals surface area contributed by atoms with Crippen molar-refractivity contribution in [3.05, 3.63) is 48.4 Å². The van der Waals surface area contributed by atoms with Crippen molar-refractivity contribution in [1.29, 1.82) is 0 Å². The number of aryl methyl sites for hydroxylation is 1. The van der Waals surface area contributed by atoms with Gasteiger partial charge in [0.15, 0.2) is 0 Å². The lowest BCUT2D eigenvalue weighted by molar-refractivity contribution is -0.141. The maximum Gasteiger partial charge on any atom is 0.433 e. The zero-order valence-corrected chi connectivity index (χ0v) is 14.8. The lowest BCUT2D eigenvalue weighted by atomic mass is 10.1. The summed E-state index contributed by atoms with van der Waals surface area (Å²) in [5.74, 6) is 0.954. The number of ether oxygens (including phenoxy) is 1. The Balaban J connectivity index is 1.43. The van der Waals surface area contributed by atoms with Gasteiger partial charge in [-0.15, -0.1) is 0 Å². The van der Waals surface area contributed by atoms with E-state index in [-0.39, 0.29) is 12.1 Å². The second-order valence-corrected chi connectivity index (χ2v) is 6.66. The molecule has 5 nitrogen and oxygen atoms in total. The topological polar surface area (TPSA) is 43.2 Å². The van der Waals surface area contributed by atoms with Crippen LogP contribution in [0.2, 0.25) is 0 Å². The number of hydrogen-bond acceptors (Lipinski definition) is 4. The molecule has 0 radical (unpaired) electrons. The van der Waals surface area contributed by atoms with Crippen LogP contribution in [-0.4, -0.2) is 33.7 Å². The van der Waals surface area contributed by atoms with Crippen molar-refractivity contribution < 1.29 is 17.9 Å². The Labute approximate surface area is 154 Å².